The summed E-state index contributed by atoms with van der Waals surface area (Å²) in [5, 5.41) is 0. The van der Waals surface area contributed by atoms with Crippen molar-refractivity contribution in [2.45, 2.75) is 0 Å². The molecule has 0 radical (unpaired) electrons. The van der Waals surface area contributed by atoms with Crippen molar-refractivity contribution >= 4 is 5.69 Å². The molecular weight excluding hydrogens is 448 g/mol. The minimum atomic E-state index is 0.773. The second-order valence-corrected chi connectivity index (χ2v) is 9.12. The van der Waals surface area contributed by atoms with Crippen molar-refractivity contribution in [3.63, 3.8) is 0 Å². The normalized spacial score (nSPS) is 10.8. The second-order valence-electron chi connectivity index (χ2n) is 9.12. The number of rotatable bonds is 5. The van der Waals surface area contributed by atoms with Gasteiger partial charge in [0.15, 0.2) is 6.20 Å². The first-order valence-electron chi connectivity index (χ1n) is 12.5. The summed E-state index contributed by atoms with van der Waals surface area (Å²) in [6.45, 7) is 0. The molecule has 0 aliphatic heterocycles. The maximum atomic E-state index is 5.89. The van der Waals surface area contributed by atoms with E-state index < -0.39 is 0 Å². The summed E-state index contributed by atoms with van der Waals surface area (Å²) in [6.07, 6.45) is 2.28. The van der Waals surface area contributed by atoms with Crippen molar-refractivity contribution in [1.29, 1.82) is 0 Å². The fraction of sp³-hybridized carbons (Fsp3) is 0. The van der Waals surface area contributed by atoms with Gasteiger partial charge in [-0.05, 0) is 58.7 Å². The zero-order valence-corrected chi connectivity index (χ0v) is 20.5. The maximum Gasteiger partial charge on any atom is 0.219 e. The van der Waals surface area contributed by atoms with E-state index in [0.717, 1.165) is 28.2 Å². The van der Waals surface area contributed by atoms with E-state index in [1.807, 2.05) is 12.1 Å². The van der Waals surface area contributed by atoms with E-state index in [1.54, 1.807) is 0 Å². The van der Waals surface area contributed by atoms with Gasteiger partial charge < -0.3 is 5.73 Å². The van der Waals surface area contributed by atoms with E-state index in [-0.39, 0.29) is 0 Å². The summed E-state index contributed by atoms with van der Waals surface area (Å²) in [5.74, 6) is 0. The molecule has 1 aromatic heterocycles. The Morgan fingerprint density at radius 1 is 0.405 bits per heavy atom. The first kappa shape index (κ1) is 22.5. The van der Waals surface area contributed by atoms with Crippen LogP contribution in [-0.4, -0.2) is 0 Å². The monoisotopic (exact) mass is 475 g/mol. The average molecular weight is 476 g/mol. The van der Waals surface area contributed by atoms with Crippen LogP contribution in [-0.2, 0) is 0 Å². The summed E-state index contributed by atoms with van der Waals surface area (Å²) in [6, 6.07) is 50.9. The fourth-order valence-corrected chi connectivity index (χ4v) is 4.79. The van der Waals surface area contributed by atoms with Crippen LogP contribution in [0.1, 0.15) is 0 Å². The molecule has 0 unspecified atom stereocenters. The molecule has 1 heterocycles. The lowest BCUT2D eigenvalue weighted by Crippen LogP contribution is -2.33. The van der Waals surface area contributed by atoms with E-state index in [4.69, 9.17) is 5.73 Å². The minimum Gasteiger partial charge on any atom is -0.399 e. The van der Waals surface area contributed by atoms with Crippen LogP contribution in [0, 0.1) is 0 Å². The summed E-state index contributed by atoms with van der Waals surface area (Å²) in [7, 11) is 0. The Labute approximate surface area is 217 Å². The van der Waals surface area contributed by atoms with Crippen molar-refractivity contribution in [2.24, 2.45) is 0 Å². The number of aromatic nitrogens is 1. The molecule has 0 bridgehead atoms. The first-order chi connectivity index (χ1) is 18.3. The Morgan fingerprint density at radius 3 is 1.41 bits per heavy atom. The SMILES string of the molecule is Nc1ccc(-c2ccc(-[n+]3cc(-c4ccccc4)c(-c4ccccc4)cc3-c3ccccc3)cc2)cc1. The molecule has 0 aliphatic rings. The predicted molar refractivity (Wildman–Crippen MR) is 154 cm³/mol. The molecule has 6 aromatic rings. The van der Waals surface area contributed by atoms with Gasteiger partial charge in [-0.2, -0.15) is 4.57 Å². The van der Waals surface area contributed by atoms with Gasteiger partial charge in [0.05, 0.1) is 5.56 Å². The highest BCUT2D eigenvalue weighted by Crippen LogP contribution is 2.34. The zero-order valence-electron chi connectivity index (χ0n) is 20.5. The third-order valence-electron chi connectivity index (χ3n) is 6.72. The Bertz CT molecular complexity index is 1620. The van der Waals surface area contributed by atoms with Crippen LogP contribution in [0.3, 0.4) is 0 Å². The number of anilines is 1. The third kappa shape index (κ3) is 4.65. The van der Waals surface area contributed by atoms with Crippen molar-refractivity contribution < 1.29 is 4.57 Å². The van der Waals surface area contributed by atoms with E-state index >= 15 is 0 Å². The van der Waals surface area contributed by atoms with Crippen LogP contribution in [0.25, 0.3) is 50.3 Å². The van der Waals surface area contributed by atoms with Gasteiger partial charge in [-0.15, -0.1) is 0 Å². The Morgan fingerprint density at radius 2 is 0.865 bits per heavy atom. The number of nitrogens with two attached hydrogens (primary N) is 1. The van der Waals surface area contributed by atoms with Gasteiger partial charge in [0.2, 0.25) is 11.4 Å². The van der Waals surface area contributed by atoms with Crippen LogP contribution in [0.5, 0.6) is 0 Å². The average Bonchev–Trinajstić information content (AvgIpc) is 2.98. The second kappa shape index (κ2) is 9.96. The number of benzene rings is 5. The molecule has 6 rings (SSSR count). The summed E-state index contributed by atoms with van der Waals surface area (Å²) >= 11 is 0. The standard InChI is InChI=1S/C35H27N2/c36-31-20-16-26(17-21-31)27-18-22-32(23-19-27)37-25-34(29-12-6-2-7-13-29)33(28-10-4-1-5-11-28)24-35(37)30-14-8-3-9-15-30/h1-25H,36H2/q+1. The Kier molecular flexibility index (Phi) is 6.06. The Hall–Kier alpha value is -4.95. The van der Waals surface area contributed by atoms with Crippen LogP contribution >= 0.6 is 0 Å². The van der Waals surface area contributed by atoms with E-state index in [0.29, 0.717) is 0 Å². The summed E-state index contributed by atoms with van der Waals surface area (Å²) in [4.78, 5) is 0. The molecule has 0 spiro atoms. The van der Waals surface area contributed by atoms with E-state index in [9.17, 15) is 0 Å². The molecule has 2 heteroatoms. The number of nitrogens with zero attached hydrogens (tertiary/aromatic N) is 1. The molecule has 176 valence electrons. The van der Waals surface area contributed by atoms with E-state index in [2.05, 4.69) is 144 Å². The Balaban J connectivity index is 1.57. The third-order valence-corrected chi connectivity index (χ3v) is 6.72. The molecule has 0 aliphatic carbocycles. The lowest BCUT2D eigenvalue weighted by Gasteiger charge is -2.13. The highest BCUT2D eigenvalue weighted by atomic mass is 15.0. The lowest BCUT2D eigenvalue weighted by molar-refractivity contribution is -0.583. The molecule has 2 N–H and O–H groups in total. The van der Waals surface area contributed by atoms with Gasteiger partial charge >= 0.3 is 0 Å². The summed E-state index contributed by atoms with van der Waals surface area (Å²) < 4.78 is 2.30. The molecule has 5 aromatic carbocycles. The highest BCUT2D eigenvalue weighted by molar-refractivity contribution is 5.84. The van der Waals surface area contributed by atoms with Crippen molar-refractivity contribution in [1.82, 2.24) is 0 Å². The van der Waals surface area contributed by atoms with Gasteiger partial charge in [0, 0.05) is 35.0 Å². The first-order valence-corrected chi connectivity index (χ1v) is 12.5. The molecule has 0 fully saturated rings. The summed E-state index contributed by atoms with van der Waals surface area (Å²) in [5.41, 5.74) is 17.2. The van der Waals surface area contributed by atoms with Crippen LogP contribution in [0.2, 0.25) is 0 Å². The van der Waals surface area contributed by atoms with Crippen LogP contribution < -0.4 is 10.3 Å². The minimum absolute atomic E-state index is 0.773. The number of nitrogen functional groups attached to an aromatic ring is 1. The van der Waals surface area contributed by atoms with Gasteiger partial charge in [-0.25, -0.2) is 0 Å². The van der Waals surface area contributed by atoms with Crippen LogP contribution in [0.4, 0.5) is 5.69 Å². The molecule has 37 heavy (non-hydrogen) atoms. The van der Waals surface area contributed by atoms with Gasteiger partial charge in [0.1, 0.15) is 0 Å². The van der Waals surface area contributed by atoms with Gasteiger partial charge in [0.25, 0.3) is 0 Å². The van der Waals surface area contributed by atoms with Crippen LogP contribution in [0.15, 0.2) is 152 Å². The molecule has 0 saturated heterocycles. The number of hydrogen-bond acceptors (Lipinski definition) is 1. The smallest absolute Gasteiger partial charge is 0.219 e. The maximum absolute atomic E-state index is 5.89. The number of hydrogen-bond donors (Lipinski definition) is 1. The van der Waals surface area contributed by atoms with E-state index in [1.165, 1.54) is 27.8 Å². The van der Waals surface area contributed by atoms with Gasteiger partial charge in [-0.3, -0.25) is 0 Å². The topological polar surface area (TPSA) is 29.9 Å². The molecule has 0 saturated carbocycles. The quantitative estimate of drug-likeness (QED) is 0.198. The molecule has 0 atom stereocenters. The van der Waals surface area contributed by atoms with Crippen molar-refractivity contribution in [3.8, 4) is 50.3 Å². The molecule has 0 amide bonds. The predicted octanol–water partition coefficient (Wildman–Crippen LogP) is 8.21. The molecule has 2 nitrogen and oxygen atoms in total. The van der Waals surface area contributed by atoms with Crippen molar-refractivity contribution in [2.75, 3.05) is 5.73 Å². The van der Waals surface area contributed by atoms with Crippen molar-refractivity contribution in [3.05, 3.63) is 152 Å². The highest BCUT2D eigenvalue weighted by Gasteiger charge is 2.22. The van der Waals surface area contributed by atoms with Gasteiger partial charge in [-0.1, -0.05) is 91.0 Å². The number of pyridine rings is 1. The fourth-order valence-electron chi connectivity index (χ4n) is 4.79. The largest absolute Gasteiger partial charge is 0.399 e. The lowest BCUT2D eigenvalue weighted by atomic mass is 9.94. The zero-order chi connectivity index (χ0) is 25.0. The molecular formula is C35H27N2+.